The summed E-state index contributed by atoms with van der Waals surface area (Å²) < 4.78 is 1.33. The van der Waals surface area contributed by atoms with Crippen LogP contribution in [-0.2, 0) is 16.9 Å². The third-order valence-corrected chi connectivity index (χ3v) is 6.67. The van der Waals surface area contributed by atoms with Crippen molar-refractivity contribution in [3.63, 3.8) is 0 Å². The number of rotatable bonds is 6. The minimum absolute atomic E-state index is 0.0692. The summed E-state index contributed by atoms with van der Waals surface area (Å²) in [7, 11) is 0. The predicted molar refractivity (Wildman–Crippen MR) is 120 cm³/mol. The summed E-state index contributed by atoms with van der Waals surface area (Å²) in [5.74, 6) is -0.393. The highest BCUT2D eigenvalue weighted by Gasteiger charge is 2.37. The van der Waals surface area contributed by atoms with Crippen LogP contribution in [0.5, 0.6) is 0 Å². The lowest BCUT2D eigenvalue weighted by Crippen LogP contribution is -2.44. The summed E-state index contributed by atoms with van der Waals surface area (Å²) in [6.07, 6.45) is 10.9. The van der Waals surface area contributed by atoms with E-state index in [0.29, 0.717) is 5.56 Å². The van der Waals surface area contributed by atoms with Crippen LogP contribution >= 0.6 is 0 Å². The summed E-state index contributed by atoms with van der Waals surface area (Å²) in [4.78, 5) is 37.9. The van der Waals surface area contributed by atoms with Crippen molar-refractivity contribution in [2.45, 2.75) is 75.9 Å². The van der Waals surface area contributed by atoms with Crippen molar-refractivity contribution in [2.75, 3.05) is 0 Å². The average molecular weight is 422 g/mol. The van der Waals surface area contributed by atoms with Crippen molar-refractivity contribution in [1.82, 2.24) is 15.2 Å². The second-order valence-electron chi connectivity index (χ2n) is 8.90. The molecular weight excluding hydrogens is 390 g/mol. The van der Waals surface area contributed by atoms with Crippen molar-refractivity contribution < 1.29 is 9.59 Å². The Morgan fingerprint density at radius 3 is 2.35 bits per heavy atom. The molecule has 2 aromatic rings. The highest BCUT2D eigenvalue weighted by Crippen LogP contribution is 2.38. The fourth-order valence-electron chi connectivity index (χ4n) is 4.98. The first-order chi connectivity index (χ1) is 15.1. The van der Waals surface area contributed by atoms with Gasteiger partial charge >= 0.3 is 0 Å². The molecular formula is C25H31N3O3. The molecule has 0 radical (unpaired) electrons. The SMILES string of the molecule is O=C(Cn1cc(C(=O)NC2(c3ccccc3)CCCC2)ccc1=O)NC1CCCCC1. The van der Waals surface area contributed by atoms with E-state index in [1.54, 1.807) is 6.07 Å². The van der Waals surface area contributed by atoms with Gasteiger partial charge in [-0.1, -0.05) is 62.4 Å². The van der Waals surface area contributed by atoms with Crippen LogP contribution in [0.1, 0.15) is 73.7 Å². The van der Waals surface area contributed by atoms with Crippen LogP contribution in [0.4, 0.5) is 0 Å². The zero-order valence-corrected chi connectivity index (χ0v) is 17.9. The number of amides is 2. The lowest BCUT2D eigenvalue weighted by molar-refractivity contribution is -0.122. The van der Waals surface area contributed by atoms with E-state index >= 15 is 0 Å². The molecule has 1 aromatic heterocycles. The monoisotopic (exact) mass is 421 g/mol. The molecule has 4 rings (SSSR count). The fourth-order valence-corrected chi connectivity index (χ4v) is 4.98. The van der Waals surface area contributed by atoms with Crippen molar-refractivity contribution in [3.8, 4) is 0 Å². The average Bonchev–Trinajstić information content (AvgIpc) is 3.26. The van der Waals surface area contributed by atoms with Gasteiger partial charge in [-0.25, -0.2) is 0 Å². The second-order valence-corrected chi connectivity index (χ2v) is 8.90. The number of pyridine rings is 1. The molecule has 6 heteroatoms. The Balaban J connectivity index is 1.47. The van der Waals surface area contributed by atoms with E-state index in [9.17, 15) is 14.4 Å². The minimum atomic E-state index is -0.377. The van der Waals surface area contributed by atoms with E-state index in [4.69, 9.17) is 0 Å². The molecule has 2 aliphatic rings. The van der Waals surface area contributed by atoms with E-state index in [-0.39, 0.29) is 35.5 Å². The van der Waals surface area contributed by atoms with Crippen LogP contribution in [0.2, 0.25) is 0 Å². The molecule has 0 spiro atoms. The van der Waals surface area contributed by atoms with Crippen LogP contribution in [0, 0.1) is 0 Å². The number of nitrogens with zero attached hydrogens (tertiary/aromatic N) is 1. The summed E-state index contributed by atoms with van der Waals surface area (Å²) >= 11 is 0. The molecule has 0 unspecified atom stereocenters. The van der Waals surface area contributed by atoms with Crippen LogP contribution in [0.15, 0.2) is 53.5 Å². The largest absolute Gasteiger partial charge is 0.352 e. The number of aromatic nitrogens is 1. The first kappa shape index (κ1) is 21.3. The molecule has 0 bridgehead atoms. The van der Waals surface area contributed by atoms with Crippen LogP contribution in [0.25, 0.3) is 0 Å². The molecule has 2 saturated carbocycles. The molecule has 31 heavy (non-hydrogen) atoms. The molecule has 2 N–H and O–H groups in total. The molecule has 164 valence electrons. The van der Waals surface area contributed by atoms with E-state index in [2.05, 4.69) is 22.8 Å². The Morgan fingerprint density at radius 1 is 0.935 bits per heavy atom. The molecule has 0 atom stereocenters. The van der Waals surface area contributed by atoms with Crippen molar-refractivity contribution in [2.24, 2.45) is 0 Å². The fraction of sp³-hybridized carbons (Fsp3) is 0.480. The number of hydrogen-bond donors (Lipinski definition) is 2. The number of benzene rings is 1. The maximum Gasteiger partial charge on any atom is 0.253 e. The maximum absolute atomic E-state index is 13.1. The Bertz CT molecular complexity index is 971. The molecule has 2 fully saturated rings. The smallest absolute Gasteiger partial charge is 0.253 e. The van der Waals surface area contributed by atoms with Crippen molar-refractivity contribution >= 4 is 11.8 Å². The van der Waals surface area contributed by atoms with Gasteiger partial charge in [0, 0.05) is 18.3 Å². The van der Waals surface area contributed by atoms with Crippen LogP contribution in [-0.4, -0.2) is 22.4 Å². The van der Waals surface area contributed by atoms with E-state index in [1.807, 2.05) is 18.2 Å². The van der Waals surface area contributed by atoms with Crippen molar-refractivity contribution in [1.29, 1.82) is 0 Å². The molecule has 1 heterocycles. The van der Waals surface area contributed by atoms with E-state index in [0.717, 1.165) is 56.9 Å². The Morgan fingerprint density at radius 2 is 1.65 bits per heavy atom. The van der Waals surface area contributed by atoms with Gasteiger partial charge in [-0.3, -0.25) is 14.4 Å². The number of nitrogens with one attached hydrogen (secondary N) is 2. The lowest BCUT2D eigenvalue weighted by Gasteiger charge is -2.31. The number of carbonyl (C=O) groups excluding carboxylic acids is 2. The van der Waals surface area contributed by atoms with Gasteiger partial charge < -0.3 is 15.2 Å². The normalized spacial score (nSPS) is 18.5. The molecule has 6 nitrogen and oxygen atoms in total. The number of carbonyl (C=O) groups is 2. The molecule has 2 aliphatic carbocycles. The predicted octanol–water partition coefficient (Wildman–Crippen LogP) is 3.50. The topological polar surface area (TPSA) is 80.2 Å². The lowest BCUT2D eigenvalue weighted by atomic mass is 9.88. The van der Waals surface area contributed by atoms with Crippen LogP contribution < -0.4 is 16.2 Å². The van der Waals surface area contributed by atoms with Gasteiger partial charge in [0.15, 0.2) is 0 Å². The summed E-state index contributed by atoms with van der Waals surface area (Å²) in [5, 5.41) is 6.27. The first-order valence-corrected chi connectivity index (χ1v) is 11.4. The summed E-state index contributed by atoms with van der Waals surface area (Å²) in [6.45, 7) is -0.0692. The van der Waals surface area contributed by atoms with Crippen molar-refractivity contribution in [3.05, 3.63) is 70.1 Å². The Labute approximate surface area is 183 Å². The quantitative estimate of drug-likeness (QED) is 0.749. The Hall–Kier alpha value is -2.89. The third-order valence-electron chi connectivity index (χ3n) is 6.67. The van der Waals surface area contributed by atoms with Gasteiger partial charge in [0.2, 0.25) is 5.91 Å². The third kappa shape index (κ3) is 5.06. The Kier molecular flexibility index (Phi) is 6.54. The zero-order valence-electron chi connectivity index (χ0n) is 17.9. The van der Waals surface area contributed by atoms with E-state index < -0.39 is 0 Å². The van der Waals surface area contributed by atoms with Gasteiger partial charge in [0.1, 0.15) is 6.54 Å². The summed E-state index contributed by atoms with van der Waals surface area (Å²) in [6, 6.07) is 13.2. The van der Waals surface area contributed by atoms with Gasteiger partial charge in [-0.15, -0.1) is 0 Å². The first-order valence-electron chi connectivity index (χ1n) is 11.4. The molecule has 0 saturated heterocycles. The van der Waals surface area contributed by atoms with E-state index in [1.165, 1.54) is 23.3 Å². The van der Waals surface area contributed by atoms with Gasteiger partial charge in [-0.2, -0.15) is 0 Å². The number of hydrogen-bond acceptors (Lipinski definition) is 3. The highest BCUT2D eigenvalue weighted by atomic mass is 16.2. The maximum atomic E-state index is 13.1. The minimum Gasteiger partial charge on any atom is -0.352 e. The van der Waals surface area contributed by atoms with Gasteiger partial charge in [-0.05, 0) is 37.3 Å². The molecule has 2 amide bonds. The van der Waals surface area contributed by atoms with Crippen LogP contribution in [0.3, 0.4) is 0 Å². The molecule has 0 aliphatic heterocycles. The van der Waals surface area contributed by atoms with Gasteiger partial charge in [0.25, 0.3) is 11.5 Å². The standard InChI is InChI=1S/C25H31N3O3/c29-22(26-21-11-5-2-6-12-21)18-28-17-19(13-14-23(28)30)24(31)27-25(15-7-8-16-25)20-9-3-1-4-10-20/h1,3-4,9-10,13-14,17,21H,2,5-8,11-12,15-16,18H2,(H,26,29)(H,27,31). The second kappa shape index (κ2) is 9.50. The highest BCUT2D eigenvalue weighted by molar-refractivity contribution is 5.94. The summed E-state index contributed by atoms with van der Waals surface area (Å²) in [5.41, 5.74) is 0.847. The molecule has 1 aromatic carbocycles. The zero-order chi connectivity index (χ0) is 21.7. The van der Waals surface area contributed by atoms with Gasteiger partial charge in [0.05, 0.1) is 11.1 Å².